The Hall–Kier alpha value is -1.20. The van der Waals surface area contributed by atoms with E-state index in [1.54, 1.807) is 0 Å². The SMILES string of the molecule is CC1(C)CCCN(c2ccc(CCl)cc2C#N)CC1. The lowest BCUT2D eigenvalue weighted by molar-refractivity contribution is 0.325. The second-order valence-electron chi connectivity index (χ2n) is 6.10. The van der Waals surface area contributed by atoms with Crippen LogP contribution in [0.25, 0.3) is 0 Å². The molecule has 2 nitrogen and oxygen atoms in total. The smallest absolute Gasteiger partial charge is 0.101 e. The molecule has 0 spiro atoms. The summed E-state index contributed by atoms with van der Waals surface area (Å²) in [4.78, 5) is 2.35. The van der Waals surface area contributed by atoms with Gasteiger partial charge in [-0.25, -0.2) is 0 Å². The highest BCUT2D eigenvalue weighted by Crippen LogP contribution is 2.32. The van der Waals surface area contributed by atoms with Crippen LogP contribution in [0.2, 0.25) is 0 Å². The van der Waals surface area contributed by atoms with Gasteiger partial charge < -0.3 is 4.90 Å². The lowest BCUT2D eigenvalue weighted by atomic mass is 9.85. The molecule has 3 heteroatoms. The van der Waals surface area contributed by atoms with Gasteiger partial charge in [0.25, 0.3) is 0 Å². The third kappa shape index (κ3) is 3.42. The normalized spacial score (nSPS) is 18.7. The number of anilines is 1. The first-order chi connectivity index (χ1) is 9.05. The number of hydrogen-bond donors (Lipinski definition) is 0. The number of hydrogen-bond acceptors (Lipinski definition) is 2. The van der Waals surface area contributed by atoms with Gasteiger partial charge in [-0.3, -0.25) is 0 Å². The highest BCUT2D eigenvalue weighted by molar-refractivity contribution is 6.17. The highest BCUT2D eigenvalue weighted by atomic mass is 35.5. The Labute approximate surface area is 121 Å². The molecule has 1 aliphatic rings. The van der Waals surface area contributed by atoms with Gasteiger partial charge in [0.1, 0.15) is 6.07 Å². The molecule has 1 fully saturated rings. The number of halogens is 1. The Bertz CT molecular complexity index is 488. The van der Waals surface area contributed by atoms with Crippen LogP contribution in [0, 0.1) is 16.7 Å². The van der Waals surface area contributed by atoms with Crippen LogP contribution in [-0.2, 0) is 5.88 Å². The predicted molar refractivity (Wildman–Crippen MR) is 80.6 cm³/mol. The van der Waals surface area contributed by atoms with Gasteiger partial charge in [-0.2, -0.15) is 5.26 Å². The molecule has 1 heterocycles. The van der Waals surface area contributed by atoms with E-state index in [0.717, 1.165) is 29.9 Å². The van der Waals surface area contributed by atoms with Crippen LogP contribution < -0.4 is 4.90 Å². The van der Waals surface area contributed by atoms with E-state index in [-0.39, 0.29) is 0 Å². The molecule has 1 aliphatic heterocycles. The second-order valence-corrected chi connectivity index (χ2v) is 6.37. The van der Waals surface area contributed by atoms with E-state index in [1.807, 2.05) is 12.1 Å². The maximum Gasteiger partial charge on any atom is 0.101 e. The lowest BCUT2D eigenvalue weighted by Gasteiger charge is -2.25. The predicted octanol–water partition coefficient (Wildman–Crippen LogP) is 4.31. The molecular formula is C16H21ClN2. The molecule has 2 rings (SSSR count). The fourth-order valence-electron chi connectivity index (χ4n) is 2.70. The van der Waals surface area contributed by atoms with Gasteiger partial charge in [-0.1, -0.05) is 19.9 Å². The van der Waals surface area contributed by atoms with Crippen LogP contribution in [0.15, 0.2) is 18.2 Å². The van der Waals surface area contributed by atoms with Crippen molar-refractivity contribution >= 4 is 17.3 Å². The van der Waals surface area contributed by atoms with E-state index in [2.05, 4.69) is 30.9 Å². The van der Waals surface area contributed by atoms with E-state index in [4.69, 9.17) is 11.6 Å². The van der Waals surface area contributed by atoms with Gasteiger partial charge in [-0.05, 0) is 42.4 Å². The van der Waals surface area contributed by atoms with Gasteiger partial charge in [0.15, 0.2) is 0 Å². The third-order valence-corrected chi connectivity index (χ3v) is 4.33. The molecular weight excluding hydrogens is 256 g/mol. The zero-order chi connectivity index (χ0) is 13.9. The van der Waals surface area contributed by atoms with Crippen molar-refractivity contribution in [1.82, 2.24) is 0 Å². The van der Waals surface area contributed by atoms with Crippen molar-refractivity contribution in [3.8, 4) is 6.07 Å². The zero-order valence-corrected chi connectivity index (χ0v) is 12.5. The molecule has 1 saturated heterocycles. The van der Waals surface area contributed by atoms with Crippen molar-refractivity contribution in [3.63, 3.8) is 0 Å². The molecule has 0 bridgehead atoms. The molecule has 0 aliphatic carbocycles. The minimum Gasteiger partial charge on any atom is -0.370 e. The summed E-state index contributed by atoms with van der Waals surface area (Å²) in [6.45, 7) is 6.73. The van der Waals surface area contributed by atoms with Crippen molar-refractivity contribution in [1.29, 1.82) is 5.26 Å². The number of rotatable bonds is 2. The molecule has 0 unspecified atom stereocenters. The van der Waals surface area contributed by atoms with Crippen molar-refractivity contribution in [2.45, 2.75) is 39.0 Å². The van der Waals surface area contributed by atoms with E-state index in [9.17, 15) is 5.26 Å². The van der Waals surface area contributed by atoms with Crippen LogP contribution in [-0.4, -0.2) is 13.1 Å². The maximum absolute atomic E-state index is 9.32. The Balaban J connectivity index is 2.24. The summed E-state index contributed by atoms with van der Waals surface area (Å²) < 4.78 is 0. The first kappa shape index (κ1) is 14.2. The largest absolute Gasteiger partial charge is 0.370 e. The molecule has 0 atom stereocenters. The van der Waals surface area contributed by atoms with Crippen molar-refractivity contribution < 1.29 is 0 Å². The lowest BCUT2D eigenvalue weighted by Crippen LogP contribution is -2.25. The Morgan fingerprint density at radius 3 is 2.79 bits per heavy atom. The summed E-state index contributed by atoms with van der Waals surface area (Å²) >= 11 is 5.83. The van der Waals surface area contributed by atoms with Crippen LogP contribution in [0.4, 0.5) is 5.69 Å². The van der Waals surface area contributed by atoms with E-state index in [1.165, 1.54) is 19.3 Å². The molecule has 0 amide bonds. The number of alkyl halides is 1. The van der Waals surface area contributed by atoms with Gasteiger partial charge in [-0.15, -0.1) is 11.6 Å². The summed E-state index contributed by atoms with van der Waals surface area (Å²) in [5.74, 6) is 0.460. The summed E-state index contributed by atoms with van der Waals surface area (Å²) in [7, 11) is 0. The molecule has 0 saturated carbocycles. The first-order valence-corrected chi connectivity index (χ1v) is 7.43. The van der Waals surface area contributed by atoms with Crippen molar-refractivity contribution in [2.75, 3.05) is 18.0 Å². The summed E-state index contributed by atoms with van der Waals surface area (Å²) in [6, 6.07) is 8.30. The molecule has 102 valence electrons. The van der Waals surface area contributed by atoms with Crippen molar-refractivity contribution in [2.24, 2.45) is 5.41 Å². The molecule has 1 aromatic carbocycles. The maximum atomic E-state index is 9.32. The summed E-state index contributed by atoms with van der Waals surface area (Å²) in [5.41, 5.74) is 3.24. The Morgan fingerprint density at radius 2 is 2.11 bits per heavy atom. The standard InChI is InChI=1S/C16H21ClN2/c1-16(2)6-3-8-19(9-7-16)15-5-4-13(11-17)10-14(15)12-18/h4-5,10H,3,6-9,11H2,1-2H3. The van der Waals surface area contributed by atoms with Crippen LogP contribution in [0.1, 0.15) is 44.2 Å². The van der Waals surface area contributed by atoms with Crippen LogP contribution in [0.5, 0.6) is 0 Å². The quantitative estimate of drug-likeness (QED) is 0.753. The number of nitriles is 1. The zero-order valence-electron chi connectivity index (χ0n) is 11.7. The minimum atomic E-state index is 0.414. The molecule has 1 aromatic rings. The van der Waals surface area contributed by atoms with Gasteiger partial charge >= 0.3 is 0 Å². The molecule has 0 N–H and O–H groups in total. The first-order valence-electron chi connectivity index (χ1n) is 6.90. The van der Waals surface area contributed by atoms with Crippen molar-refractivity contribution in [3.05, 3.63) is 29.3 Å². The number of benzene rings is 1. The van der Waals surface area contributed by atoms with Crippen LogP contribution >= 0.6 is 11.6 Å². The fraction of sp³-hybridized carbons (Fsp3) is 0.562. The van der Waals surface area contributed by atoms with Gasteiger partial charge in [0, 0.05) is 19.0 Å². The van der Waals surface area contributed by atoms with Crippen LogP contribution in [0.3, 0.4) is 0 Å². The summed E-state index contributed by atoms with van der Waals surface area (Å²) in [5, 5.41) is 9.32. The van der Waals surface area contributed by atoms with E-state index in [0.29, 0.717) is 11.3 Å². The van der Waals surface area contributed by atoms with E-state index >= 15 is 0 Å². The topological polar surface area (TPSA) is 27.0 Å². The summed E-state index contributed by atoms with van der Waals surface area (Å²) in [6.07, 6.45) is 3.62. The monoisotopic (exact) mass is 276 g/mol. The molecule has 0 aromatic heterocycles. The Kier molecular flexibility index (Phi) is 4.37. The fourth-order valence-corrected chi connectivity index (χ4v) is 2.86. The second kappa shape index (κ2) is 5.84. The molecule has 0 radical (unpaired) electrons. The minimum absolute atomic E-state index is 0.414. The van der Waals surface area contributed by atoms with Gasteiger partial charge in [0.05, 0.1) is 11.3 Å². The van der Waals surface area contributed by atoms with Gasteiger partial charge in [0.2, 0.25) is 0 Å². The average molecular weight is 277 g/mol. The Morgan fingerprint density at radius 1 is 1.32 bits per heavy atom. The van der Waals surface area contributed by atoms with E-state index < -0.39 is 0 Å². The molecule has 19 heavy (non-hydrogen) atoms. The third-order valence-electron chi connectivity index (χ3n) is 4.02. The number of nitrogens with zero attached hydrogens (tertiary/aromatic N) is 2. The average Bonchev–Trinajstić information content (AvgIpc) is 2.59. The highest BCUT2D eigenvalue weighted by Gasteiger charge is 2.24.